The van der Waals surface area contributed by atoms with E-state index in [1.54, 1.807) is 6.20 Å². The van der Waals surface area contributed by atoms with E-state index in [1.807, 2.05) is 42.1 Å². The highest BCUT2D eigenvalue weighted by Gasteiger charge is 2.12. The van der Waals surface area contributed by atoms with Gasteiger partial charge in [0.2, 0.25) is 5.91 Å². The average Bonchev–Trinajstić information content (AvgIpc) is 3.09. The van der Waals surface area contributed by atoms with Crippen molar-refractivity contribution >= 4 is 45.2 Å². The maximum atomic E-state index is 13.3. The van der Waals surface area contributed by atoms with Crippen molar-refractivity contribution in [2.75, 3.05) is 11.9 Å². The van der Waals surface area contributed by atoms with Gasteiger partial charge < -0.3 is 15.2 Å². The molecule has 0 fully saturated rings. The number of imidazole rings is 1. The Bertz CT molecular complexity index is 1020. The number of nitrogens with zero attached hydrogens (tertiary/aromatic N) is 2. The summed E-state index contributed by atoms with van der Waals surface area (Å²) >= 11 is 4.74. The number of amides is 2. The Morgan fingerprint density at radius 1 is 1.21 bits per heavy atom. The van der Waals surface area contributed by atoms with Crippen LogP contribution in [0.2, 0.25) is 0 Å². The van der Waals surface area contributed by atoms with Crippen molar-refractivity contribution in [1.29, 1.82) is 0 Å². The summed E-state index contributed by atoms with van der Waals surface area (Å²) in [5.74, 6) is -1.17. The fourth-order valence-electron chi connectivity index (χ4n) is 2.44. The largest absolute Gasteiger partial charge is 0.351 e. The SMILES string of the molecule is Cn1ccnc1Sc1ccc(NC(=O)CCNC(=O)c2cc(F)ccc2Br)cc1. The highest BCUT2D eigenvalue weighted by molar-refractivity contribution is 9.10. The molecule has 29 heavy (non-hydrogen) atoms. The molecule has 2 N–H and O–H groups in total. The Kier molecular flexibility index (Phi) is 7.05. The molecule has 6 nitrogen and oxygen atoms in total. The minimum absolute atomic E-state index is 0.0996. The third-order valence-electron chi connectivity index (χ3n) is 3.93. The molecule has 150 valence electrons. The molecule has 0 aliphatic carbocycles. The van der Waals surface area contributed by atoms with Gasteiger partial charge in [-0.1, -0.05) is 11.8 Å². The van der Waals surface area contributed by atoms with E-state index < -0.39 is 11.7 Å². The molecule has 0 radical (unpaired) electrons. The van der Waals surface area contributed by atoms with Crippen molar-refractivity contribution in [3.63, 3.8) is 0 Å². The summed E-state index contributed by atoms with van der Waals surface area (Å²) in [4.78, 5) is 29.5. The molecule has 1 heterocycles. The molecule has 0 spiro atoms. The van der Waals surface area contributed by atoms with Gasteiger partial charge in [0.1, 0.15) is 5.82 Å². The van der Waals surface area contributed by atoms with Crippen LogP contribution in [0.15, 0.2) is 69.4 Å². The number of hydrogen-bond donors (Lipinski definition) is 2. The molecule has 0 aliphatic heterocycles. The van der Waals surface area contributed by atoms with Crippen molar-refractivity contribution in [3.05, 3.63) is 70.7 Å². The number of anilines is 1. The minimum Gasteiger partial charge on any atom is -0.351 e. The summed E-state index contributed by atoms with van der Waals surface area (Å²) in [6.45, 7) is 0.140. The third kappa shape index (κ3) is 5.91. The first-order valence-electron chi connectivity index (χ1n) is 8.71. The molecule has 9 heteroatoms. The normalized spacial score (nSPS) is 10.6. The molecule has 3 rings (SSSR count). The van der Waals surface area contributed by atoms with Crippen molar-refractivity contribution in [2.24, 2.45) is 7.05 Å². The van der Waals surface area contributed by atoms with E-state index in [9.17, 15) is 14.0 Å². The standard InChI is InChI=1S/C20H18BrFN4O2S/c1-26-11-10-24-20(26)29-15-5-3-14(4-6-15)25-18(27)8-9-23-19(28)16-12-13(22)2-7-17(16)21/h2-7,10-12H,8-9H2,1H3,(H,23,28)(H,25,27). The second-order valence-electron chi connectivity index (χ2n) is 6.13. The Hall–Kier alpha value is -2.65. The lowest BCUT2D eigenvalue weighted by Gasteiger charge is -2.09. The fraction of sp³-hybridized carbons (Fsp3) is 0.150. The van der Waals surface area contributed by atoms with Gasteiger partial charge >= 0.3 is 0 Å². The Balaban J connectivity index is 1.46. The van der Waals surface area contributed by atoms with Crippen LogP contribution in [0.4, 0.5) is 10.1 Å². The maximum Gasteiger partial charge on any atom is 0.252 e. The first kappa shape index (κ1) is 21.1. The number of halogens is 2. The second kappa shape index (κ2) is 9.71. The summed E-state index contributed by atoms with van der Waals surface area (Å²) in [6.07, 6.45) is 3.72. The molecule has 0 aliphatic rings. The van der Waals surface area contributed by atoms with Crippen LogP contribution >= 0.6 is 27.7 Å². The van der Waals surface area contributed by atoms with Crippen LogP contribution in [0.1, 0.15) is 16.8 Å². The lowest BCUT2D eigenvalue weighted by Crippen LogP contribution is -2.28. The highest BCUT2D eigenvalue weighted by atomic mass is 79.9. The van der Waals surface area contributed by atoms with Gasteiger partial charge in [-0.25, -0.2) is 9.37 Å². The summed E-state index contributed by atoms with van der Waals surface area (Å²) in [6, 6.07) is 11.3. The molecule has 2 aromatic carbocycles. The number of benzene rings is 2. The third-order valence-corrected chi connectivity index (χ3v) is 5.71. The molecule has 2 amide bonds. The first-order valence-corrected chi connectivity index (χ1v) is 10.3. The zero-order valence-corrected chi connectivity index (χ0v) is 17.9. The van der Waals surface area contributed by atoms with Crippen LogP contribution in [0, 0.1) is 5.82 Å². The molecule has 0 bridgehead atoms. The lowest BCUT2D eigenvalue weighted by molar-refractivity contribution is -0.116. The van der Waals surface area contributed by atoms with Crippen LogP contribution in [-0.4, -0.2) is 27.9 Å². The summed E-state index contributed by atoms with van der Waals surface area (Å²) < 4.78 is 15.7. The lowest BCUT2D eigenvalue weighted by atomic mass is 10.2. The fourth-order valence-corrected chi connectivity index (χ4v) is 3.67. The van der Waals surface area contributed by atoms with Gasteiger partial charge in [-0.05, 0) is 58.4 Å². The van der Waals surface area contributed by atoms with Crippen LogP contribution < -0.4 is 10.6 Å². The number of hydrogen-bond acceptors (Lipinski definition) is 4. The second-order valence-corrected chi connectivity index (χ2v) is 8.02. The van der Waals surface area contributed by atoms with Gasteiger partial charge in [-0.15, -0.1) is 0 Å². The predicted molar refractivity (Wildman–Crippen MR) is 113 cm³/mol. The maximum absolute atomic E-state index is 13.3. The Morgan fingerprint density at radius 3 is 2.66 bits per heavy atom. The van der Waals surface area contributed by atoms with Crippen molar-refractivity contribution in [2.45, 2.75) is 16.5 Å². The smallest absolute Gasteiger partial charge is 0.252 e. The van der Waals surface area contributed by atoms with Gasteiger partial charge in [-0.3, -0.25) is 9.59 Å². The number of aromatic nitrogens is 2. The monoisotopic (exact) mass is 476 g/mol. The van der Waals surface area contributed by atoms with Crippen LogP contribution in [0.25, 0.3) is 0 Å². The number of nitrogens with one attached hydrogen (secondary N) is 2. The van der Waals surface area contributed by atoms with E-state index in [2.05, 4.69) is 31.5 Å². The zero-order chi connectivity index (χ0) is 20.8. The summed E-state index contributed by atoms with van der Waals surface area (Å²) in [5, 5.41) is 6.27. The van der Waals surface area contributed by atoms with E-state index in [4.69, 9.17) is 0 Å². The molecule has 0 saturated carbocycles. The van der Waals surface area contributed by atoms with Gasteiger partial charge in [0.15, 0.2) is 5.16 Å². The summed E-state index contributed by atoms with van der Waals surface area (Å²) in [7, 11) is 1.93. The number of aryl methyl sites for hydroxylation is 1. The Morgan fingerprint density at radius 2 is 1.97 bits per heavy atom. The van der Waals surface area contributed by atoms with Crippen molar-refractivity contribution in [1.82, 2.24) is 14.9 Å². The van der Waals surface area contributed by atoms with Crippen molar-refractivity contribution in [3.8, 4) is 0 Å². The van der Waals surface area contributed by atoms with E-state index in [1.165, 1.54) is 23.9 Å². The molecular formula is C20H18BrFN4O2S. The highest BCUT2D eigenvalue weighted by Crippen LogP contribution is 2.26. The molecule has 0 saturated heterocycles. The van der Waals surface area contributed by atoms with Crippen LogP contribution in [0.5, 0.6) is 0 Å². The topological polar surface area (TPSA) is 76.0 Å². The first-order chi connectivity index (χ1) is 13.9. The number of rotatable bonds is 7. The molecule has 0 atom stereocenters. The predicted octanol–water partition coefficient (Wildman–Crippen LogP) is 4.23. The van der Waals surface area contributed by atoms with E-state index in [0.717, 1.165) is 16.1 Å². The van der Waals surface area contributed by atoms with Gasteiger partial charge in [-0.2, -0.15) is 0 Å². The summed E-state index contributed by atoms with van der Waals surface area (Å²) in [5.41, 5.74) is 0.851. The number of carbonyl (C=O) groups excluding carboxylic acids is 2. The number of carbonyl (C=O) groups is 2. The zero-order valence-electron chi connectivity index (χ0n) is 15.5. The van der Waals surface area contributed by atoms with E-state index in [-0.39, 0.29) is 24.4 Å². The van der Waals surface area contributed by atoms with E-state index in [0.29, 0.717) is 10.2 Å². The molecular weight excluding hydrogens is 459 g/mol. The van der Waals surface area contributed by atoms with E-state index >= 15 is 0 Å². The minimum atomic E-state index is -0.499. The molecule has 1 aromatic heterocycles. The van der Waals surface area contributed by atoms with Crippen molar-refractivity contribution < 1.29 is 14.0 Å². The quantitative estimate of drug-likeness (QED) is 0.534. The Labute approximate surface area is 180 Å². The average molecular weight is 477 g/mol. The van der Waals surface area contributed by atoms with Gasteiger partial charge in [0, 0.05) is 47.5 Å². The molecule has 3 aromatic rings. The van der Waals surface area contributed by atoms with Gasteiger partial charge in [0.05, 0.1) is 5.56 Å². The molecule has 0 unspecified atom stereocenters. The van der Waals surface area contributed by atoms with Gasteiger partial charge in [0.25, 0.3) is 5.91 Å². The van der Waals surface area contributed by atoms with Crippen LogP contribution in [-0.2, 0) is 11.8 Å². The van der Waals surface area contributed by atoms with Crippen LogP contribution in [0.3, 0.4) is 0 Å².